The van der Waals surface area contributed by atoms with E-state index in [1.54, 1.807) is 0 Å². The van der Waals surface area contributed by atoms with Gasteiger partial charge in [0.1, 0.15) is 0 Å². The van der Waals surface area contributed by atoms with Crippen molar-refractivity contribution in [1.29, 1.82) is 0 Å². The monoisotopic (exact) mass is 274 g/mol. The van der Waals surface area contributed by atoms with Gasteiger partial charge in [-0.05, 0) is 31.5 Å². The molecule has 1 aromatic carbocycles. The molecule has 1 unspecified atom stereocenters. The number of nitrogens with zero attached hydrogens (tertiary/aromatic N) is 1. The van der Waals surface area contributed by atoms with Crippen molar-refractivity contribution in [3.8, 4) is 0 Å². The summed E-state index contributed by atoms with van der Waals surface area (Å²) in [6.45, 7) is 3.02. The number of benzene rings is 1. The minimum atomic E-state index is 0.281. The lowest BCUT2D eigenvalue weighted by Crippen LogP contribution is -2.38. The molecule has 2 rings (SSSR count). The first-order valence-electron chi connectivity index (χ1n) is 7.84. The normalized spacial score (nSPS) is 17.9. The maximum Gasteiger partial charge on any atom is 0.226 e. The van der Waals surface area contributed by atoms with Gasteiger partial charge in [0.15, 0.2) is 0 Å². The molecule has 0 bridgehead atoms. The number of rotatable bonds is 6. The van der Waals surface area contributed by atoms with Crippen molar-refractivity contribution in [2.24, 2.45) is 0 Å². The Bertz CT molecular complexity index is 444. The fourth-order valence-corrected chi connectivity index (χ4v) is 2.96. The minimum absolute atomic E-state index is 0.281. The largest absolute Gasteiger partial charge is 0.313 e. The van der Waals surface area contributed by atoms with Crippen LogP contribution in [0.5, 0.6) is 0 Å². The van der Waals surface area contributed by atoms with Crippen molar-refractivity contribution in [3.05, 3.63) is 29.8 Å². The van der Waals surface area contributed by atoms with Crippen LogP contribution < -0.4 is 10.2 Å². The second-order valence-electron chi connectivity index (χ2n) is 5.54. The highest BCUT2D eigenvalue weighted by Gasteiger charge is 2.26. The molecular weight excluding hydrogens is 248 g/mol. The van der Waals surface area contributed by atoms with E-state index >= 15 is 0 Å². The molecule has 0 fully saturated rings. The van der Waals surface area contributed by atoms with E-state index < -0.39 is 0 Å². The molecule has 3 nitrogen and oxygen atoms in total. The summed E-state index contributed by atoms with van der Waals surface area (Å²) in [4.78, 5) is 14.4. The van der Waals surface area contributed by atoms with Crippen LogP contribution in [0.1, 0.15) is 57.1 Å². The Labute approximate surface area is 122 Å². The van der Waals surface area contributed by atoms with Gasteiger partial charge in [0.05, 0.1) is 0 Å². The first kappa shape index (κ1) is 15.0. The third-order valence-corrected chi connectivity index (χ3v) is 4.14. The number of carbonyl (C=O) groups excluding carboxylic acids is 1. The number of para-hydroxylation sites is 1. The van der Waals surface area contributed by atoms with Gasteiger partial charge >= 0.3 is 0 Å². The molecule has 3 heteroatoms. The molecular formula is C17H26N2O. The fourth-order valence-electron chi connectivity index (χ4n) is 2.96. The molecule has 1 atom stereocenters. The van der Waals surface area contributed by atoms with E-state index in [1.165, 1.54) is 18.4 Å². The van der Waals surface area contributed by atoms with Gasteiger partial charge in [0, 0.05) is 24.7 Å². The van der Waals surface area contributed by atoms with Crippen molar-refractivity contribution in [2.75, 3.05) is 18.5 Å². The molecule has 0 radical (unpaired) electrons. The van der Waals surface area contributed by atoms with E-state index in [9.17, 15) is 4.79 Å². The lowest BCUT2D eigenvalue weighted by atomic mass is 9.96. The highest BCUT2D eigenvalue weighted by atomic mass is 16.2. The molecule has 0 aliphatic carbocycles. The predicted molar refractivity (Wildman–Crippen MR) is 84.0 cm³/mol. The van der Waals surface area contributed by atoms with Gasteiger partial charge in [-0.15, -0.1) is 0 Å². The van der Waals surface area contributed by atoms with Crippen LogP contribution in [0.25, 0.3) is 0 Å². The molecule has 0 aromatic heterocycles. The average molecular weight is 274 g/mol. The van der Waals surface area contributed by atoms with Crippen LogP contribution in [0.4, 0.5) is 5.69 Å². The van der Waals surface area contributed by atoms with Gasteiger partial charge in [0.2, 0.25) is 5.91 Å². The summed E-state index contributed by atoms with van der Waals surface area (Å²) in [7, 11) is 1.99. The Hall–Kier alpha value is -1.35. The zero-order valence-electron chi connectivity index (χ0n) is 12.7. The Kier molecular flexibility index (Phi) is 5.60. The first-order chi connectivity index (χ1) is 9.77. The van der Waals surface area contributed by atoms with E-state index in [2.05, 4.69) is 30.4 Å². The van der Waals surface area contributed by atoms with Crippen molar-refractivity contribution in [2.45, 2.75) is 51.5 Å². The highest BCUT2D eigenvalue weighted by molar-refractivity contribution is 5.94. The number of fused-ring (bicyclic) bond motifs is 1. The molecule has 1 N–H and O–H groups in total. The molecule has 20 heavy (non-hydrogen) atoms. The molecule has 1 aliphatic heterocycles. The number of hydrogen-bond donors (Lipinski definition) is 1. The number of hydrogen-bond acceptors (Lipinski definition) is 2. The van der Waals surface area contributed by atoms with Crippen LogP contribution in [-0.2, 0) is 4.79 Å². The molecule has 1 aliphatic rings. The Morgan fingerprint density at radius 3 is 2.85 bits per heavy atom. The maximum absolute atomic E-state index is 12.4. The fraction of sp³-hybridized carbons (Fsp3) is 0.588. The van der Waals surface area contributed by atoms with Crippen molar-refractivity contribution < 1.29 is 4.79 Å². The maximum atomic E-state index is 12.4. The Morgan fingerprint density at radius 1 is 1.30 bits per heavy atom. The molecule has 0 saturated heterocycles. The topological polar surface area (TPSA) is 32.3 Å². The molecule has 0 spiro atoms. The molecule has 0 saturated carbocycles. The second kappa shape index (κ2) is 7.44. The van der Waals surface area contributed by atoms with Gasteiger partial charge in [-0.2, -0.15) is 0 Å². The summed E-state index contributed by atoms with van der Waals surface area (Å²) in [5.74, 6) is 0.281. The van der Waals surface area contributed by atoms with Crippen molar-refractivity contribution in [3.63, 3.8) is 0 Å². The summed E-state index contributed by atoms with van der Waals surface area (Å²) in [5.41, 5.74) is 2.35. The molecule has 110 valence electrons. The predicted octanol–water partition coefficient (Wildman–Crippen LogP) is 3.65. The van der Waals surface area contributed by atoms with Crippen LogP contribution in [0, 0.1) is 0 Å². The van der Waals surface area contributed by atoms with Gasteiger partial charge in [0.25, 0.3) is 0 Å². The van der Waals surface area contributed by atoms with Crippen LogP contribution in [0.2, 0.25) is 0 Å². The van der Waals surface area contributed by atoms with Crippen molar-refractivity contribution in [1.82, 2.24) is 5.32 Å². The van der Waals surface area contributed by atoms with E-state index in [0.29, 0.717) is 12.5 Å². The van der Waals surface area contributed by atoms with Crippen LogP contribution >= 0.6 is 0 Å². The average Bonchev–Trinajstić information content (AvgIpc) is 2.50. The third kappa shape index (κ3) is 3.40. The zero-order chi connectivity index (χ0) is 14.4. The SMILES string of the molecule is CCCCCCC(=O)N1CCC(NC)c2ccccc21. The standard InChI is InChI=1S/C17H26N2O/c1-3-4-5-6-11-17(20)19-13-12-15(18-2)14-9-7-8-10-16(14)19/h7-10,15,18H,3-6,11-13H2,1-2H3. The highest BCUT2D eigenvalue weighted by Crippen LogP contribution is 2.33. The van der Waals surface area contributed by atoms with Crippen LogP contribution in [-0.4, -0.2) is 19.5 Å². The van der Waals surface area contributed by atoms with E-state index in [1.807, 2.05) is 18.0 Å². The lowest BCUT2D eigenvalue weighted by molar-refractivity contribution is -0.118. The number of unbranched alkanes of at least 4 members (excludes halogenated alkanes) is 3. The van der Waals surface area contributed by atoms with E-state index in [-0.39, 0.29) is 5.91 Å². The number of nitrogens with one attached hydrogen (secondary N) is 1. The van der Waals surface area contributed by atoms with Crippen LogP contribution in [0.15, 0.2) is 24.3 Å². The lowest BCUT2D eigenvalue weighted by Gasteiger charge is -2.34. The Morgan fingerprint density at radius 2 is 2.10 bits per heavy atom. The smallest absolute Gasteiger partial charge is 0.226 e. The number of amides is 1. The quantitative estimate of drug-likeness (QED) is 0.803. The van der Waals surface area contributed by atoms with Gasteiger partial charge in [-0.3, -0.25) is 4.79 Å². The minimum Gasteiger partial charge on any atom is -0.313 e. The summed E-state index contributed by atoms with van der Waals surface area (Å²) in [5, 5.41) is 3.34. The Balaban J connectivity index is 2.04. The second-order valence-corrected chi connectivity index (χ2v) is 5.54. The summed E-state index contributed by atoms with van der Waals surface area (Å²) >= 11 is 0. The first-order valence-corrected chi connectivity index (χ1v) is 7.84. The number of carbonyl (C=O) groups is 1. The molecule has 1 aromatic rings. The summed E-state index contributed by atoms with van der Waals surface area (Å²) < 4.78 is 0. The van der Waals surface area contributed by atoms with Crippen LogP contribution in [0.3, 0.4) is 0 Å². The van der Waals surface area contributed by atoms with Gasteiger partial charge in [-0.25, -0.2) is 0 Å². The van der Waals surface area contributed by atoms with E-state index in [0.717, 1.165) is 31.5 Å². The van der Waals surface area contributed by atoms with Crippen molar-refractivity contribution >= 4 is 11.6 Å². The molecule has 1 heterocycles. The van der Waals surface area contributed by atoms with Gasteiger partial charge in [-0.1, -0.05) is 44.4 Å². The zero-order valence-corrected chi connectivity index (χ0v) is 12.7. The molecule has 1 amide bonds. The third-order valence-electron chi connectivity index (χ3n) is 4.14. The summed E-state index contributed by atoms with van der Waals surface area (Å²) in [6, 6.07) is 8.65. The van der Waals surface area contributed by atoms with E-state index in [4.69, 9.17) is 0 Å². The number of anilines is 1. The summed E-state index contributed by atoms with van der Waals surface area (Å²) in [6.07, 6.45) is 6.29. The van der Waals surface area contributed by atoms with Gasteiger partial charge < -0.3 is 10.2 Å².